The van der Waals surface area contributed by atoms with E-state index in [0.717, 1.165) is 18.4 Å². The number of rotatable bonds is 5. The van der Waals surface area contributed by atoms with E-state index in [1.165, 1.54) is 7.11 Å². The van der Waals surface area contributed by atoms with Crippen LogP contribution in [0.2, 0.25) is 0 Å². The van der Waals surface area contributed by atoms with E-state index in [-0.39, 0.29) is 5.91 Å². The lowest BCUT2D eigenvalue weighted by atomic mass is 10.1. The molecule has 3 rings (SSSR count). The van der Waals surface area contributed by atoms with Crippen molar-refractivity contribution < 1.29 is 14.3 Å². The summed E-state index contributed by atoms with van der Waals surface area (Å²) < 4.78 is 4.67. The Morgan fingerprint density at radius 3 is 2.41 bits per heavy atom. The summed E-state index contributed by atoms with van der Waals surface area (Å²) in [5.74, 6) is -0.374. The Kier molecular flexibility index (Phi) is 4.24. The molecule has 1 aliphatic rings. The van der Waals surface area contributed by atoms with Crippen molar-refractivity contribution in [1.82, 2.24) is 4.90 Å². The van der Waals surface area contributed by atoms with E-state index in [4.69, 9.17) is 0 Å². The van der Waals surface area contributed by atoms with Gasteiger partial charge in [-0.15, -0.1) is 0 Å². The number of nitrogens with zero attached hydrogens (tertiary/aromatic N) is 1. The van der Waals surface area contributed by atoms with E-state index in [0.29, 0.717) is 23.7 Å². The average molecular weight is 315 g/mol. The Labute approximate surface area is 133 Å². The van der Waals surface area contributed by atoms with Gasteiger partial charge in [-0.25, -0.2) is 4.79 Å². The number of thiophene rings is 1. The minimum atomic E-state index is -0.392. The normalized spacial score (nSPS) is 13.7. The number of hydrogen-bond acceptors (Lipinski definition) is 4. The lowest BCUT2D eigenvalue weighted by Crippen LogP contribution is -2.32. The first-order chi connectivity index (χ1) is 10.7. The second kappa shape index (κ2) is 6.32. The minimum absolute atomic E-state index is 0.0186. The number of carbonyl (C=O) groups is 2. The number of hydrogen-bond donors (Lipinski definition) is 0. The van der Waals surface area contributed by atoms with Crippen molar-refractivity contribution in [2.24, 2.45) is 0 Å². The molecule has 5 heteroatoms. The zero-order valence-corrected chi connectivity index (χ0v) is 13.1. The Morgan fingerprint density at radius 2 is 1.86 bits per heavy atom. The molecule has 22 heavy (non-hydrogen) atoms. The number of ether oxygens (including phenoxy) is 1. The van der Waals surface area contributed by atoms with E-state index >= 15 is 0 Å². The Balaban J connectivity index is 1.76. The number of methoxy groups -OCH3 is 1. The summed E-state index contributed by atoms with van der Waals surface area (Å²) in [4.78, 5) is 26.1. The van der Waals surface area contributed by atoms with Crippen LogP contribution in [0.5, 0.6) is 0 Å². The Bertz CT molecular complexity index is 660. The van der Waals surface area contributed by atoms with E-state index in [1.807, 2.05) is 16.3 Å². The fraction of sp³-hybridized carbons (Fsp3) is 0.294. The third kappa shape index (κ3) is 3.20. The molecule has 0 atom stereocenters. The fourth-order valence-corrected chi connectivity index (χ4v) is 3.02. The summed E-state index contributed by atoms with van der Waals surface area (Å²) in [6.45, 7) is 0.645. The predicted octanol–water partition coefficient (Wildman–Crippen LogP) is 3.34. The first kappa shape index (κ1) is 14.8. The lowest BCUT2D eigenvalue weighted by Gasteiger charge is -2.22. The highest BCUT2D eigenvalue weighted by Gasteiger charge is 2.33. The van der Waals surface area contributed by atoms with Gasteiger partial charge in [0.25, 0.3) is 5.91 Å². The molecule has 2 aromatic rings. The smallest absolute Gasteiger partial charge is 0.337 e. The Morgan fingerprint density at radius 1 is 1.18 bits per heavy atom. The molecule has 1 heterocycles. The van der Waals surface area contributed by atoms with Crippen LogP contribution in [-0.4, -0.2) is 29.9 Å². The first-order valence-electron chi connectivity index (χ1n) is 7.19. The molecule has 0 spiro atoms. The maximum atomic E-state index is 12.7. The van der Waals surface area contributed by atoms with Gasteiger partial charge in [0.1, 0.15) is 0 Å². The van der Waals surface area contributed by atoms with Crippen molar-refractivity contribution in [2.45, 2.75) is 25.4 Å². The molecule has 1 amide bonds. The van der Waals surface area contributed by atoms with E-state index in [9.17, 15) is 9.59 Å². The van der Waals surface area contributed by atoms with Gasteiger partial charge in [0.2, 0.25) is 0 Å². The molecule has 1 fully saturated rings. The standard InChI is InChI=1S/C17H17NO3S/c1-21-17(20)14-4-2-13(3-5-14)16(19)18(15-6-7-15)10-12-8-9-22-11-12/h2-5,8-9,11,15H,6-7,10H2,1H3. The molecule has 1 aliphatic carbocycles. The highest BCUT2D eigenvalue weighted by atomic mass is 32.1. The van der Waals surface area contributed by atoms with Crippen LogP contribution in [0.3, 0.4) is 0 Å². The molecule has 1 aromatic heterocycles. The largest absolute Gasteiger partial charge is 0.465 e. The van der Waals surface area contributed by atoms with Gasteiger partial charge >= 0.3 is 5.97 Å². The third-order valence-corrected chi connectivity index (χ3v) is 4.47. The van der Waals surface area contributed by atoms with Gasteiger partial charge in [0.15, 0.2) is 0 Å². The van der Waals surface area contributed by atoms with Gasteiger partial charge in [-0.05, 0) is 59.5 Å². The van der Waals surface area contributed by atoms with Crippen molar-refractivity contribution in [3.05, 3.63) is 57.8 Å². The summed E-state index contributed by atoms with van der Waals surface area (Å²) in [6, 6.07) is 9.04. The molecule has 0 bridgehead atoms. The molecular weight excluding hydrogens is 298 g/mol. The lowest BCUT2D eigenvalue weighted by molar-refractivity contribution is 0.0599. The van der Waals surface area contributed by atoms with Gasteiger partial charge in [-0.1, -0.05) is 0 Å². The fourth-order valence-electron chi connectivity index (χ4n) is 2.36. The molecule has 0 radical (unpaired) electrons. The van der Waals surface area contributed by atoms with Crippen LogP contribution in [0.15, 0.2) is 41.1 Å². The van der Waals surface area contributed by atoms with Crippen molar-refractivity contribution in [2.75, 3.05) is 7.11 Å². The summed E-state index contributed by atoms with van der Waals surface area (Å²) in [6.07, 6.45) is 2.13. The number of amides is 1. The van der Waals surface area contributed by atoms with Gasteiger partial charge in [-0.2, -0.15) is 11.3 Å². The molecular formula is C17H17NO3S. The number of esters is 1. The van der Waals surface area contributed by atoms with Crippen LogP contribution in [0, 0.1) is 0 Å². The maximum absolute atomic E-state index is 12.7. The van der Waals surface area contributed by atoms with E-state index < -0.39 is 5.97 Å². The van der Waals surface area contributed by atoms with Crippen LogP contribution in [0.4, 0.5) is 0 Å². The zero-order chi connectivity index (χ0) is 15.5. The van der Waals surface area contributed by atoms with Crippen molar-refractivity contribution in [1.29, 1.82) is 0 Å². The topological polar surface area (TPSA) is 46.6 Å². The summed E-state index contributed by atoms with van der Waals surface area (Å²) in [7, 11) is 1.34. The molecule has 0 saturated heterocycles. The second-order valence-corrected chi connectivity index (χ2v) is 6.14. The summed E-state index contributed by atoms with van der Waals surface area (Å²) >= 11 is 1.64. The average Bonchev–Trinajstić information content (AvgIpc) is 3.27. The monoisotopic (exact) mass is 315 g/mol. The van der Waals surface area contributed by atoms with Crippen LogP contribution < -0.4 is 0 Å². The molecule has 1 aromatic carbocycles. The van der Waals surface area contributed by atoms with Crippen LogP contribution in [0.1, 0.15) is 39.1 Å². The maximum Gasteiger partial charge on any atom is 0.337 e. The van der Waals surface area contributed by atoms with E-state index in [1.54, 1.807) is 35.6 Å². The SMILES string of the molecule is COC(=O)c1ccc(C(=O)N(Cc2ccsc2)C2CC2)cc1. The molecule has 1 saturated carbocycles. The predicted molar refractivity (Wildman–Crippen MR) is 85.0 cm³/mol. The highest BCUT2D eigenvalue weighted by molar-refractivity contribution is 7.07. The third-order valence-electron chi connectivity index (χ3n) is 3.73. The Hall–Kier alpha value is -2.14. The second-order valence-electron chi connectivity index (χ2n) is 5.36. The molecule has 114 valence electrons. The van der Waals surface area contributed by atoms with Gasteiger partial charge < -0.3 is 9.64 Å². The number of benzene rings is 1. The van der Waals surface area contributed by atoms with E-state index in [2.05, 4.69) is 10.1 Å². The molecule has 0 unspecified atom stereocenters. The van der Waals surface area contributed by atoms with Crippen LogP contribution >= 0.6 is 11.3 Å². The molecule has 0 N–H and O–H groups in total. The zero-order valence-electron chi connectivity index (χ0n) is 12.3. The molecule has 0 aliphatic heterocycles. The van der Waals surface area contributed by atoms with Crippen LogP contribution in [0.25, 0.3) is 0 Å². The van der Waals surface area contributed by atoms with Crippen molar-refractivity contribution in [3.63, 3.8) is 0 Å². The summed E-state index contributed by atoms with van der Waals surface area (Å²) in [5, 5.41) is 4.10. The van der Waals surface area contributed by atoms with Gasteiger partial charge in [-0.3, -0.25) is 4.79 Å². The van der Waals surface area contributed by atoms with Crippen molar-refractivity contribution in [3.8, 4) is 0 Å². The van der Waals surface area contributed by atoms with Gasteiger partial charge in [0.05, 0.1) is 12.7 Å². The van der Waals surface area contributed by atoms with Crippen LogP contribution in [-0.2, 0) is 11.3 Å². The first-order valence-corrected chi connectivity index (χ1v) is 8.13. The quantitative estimate of drug-likeness (QED) is 0.795. The summed E-state index contributed by atoms with van der Waals surface area (Å²) in [5.41, 5.74) is 2.22. The van der Waals surface area contributed by atoms with Crippen molar-refractivity contribution >= 4 is 23.2 Å². The highest BCUT2D eigenvalue weighted by Crippen LogP contribution is 2.30. The van der Waals surface area contributed by atoms with Gasteiger partial charge in [0, 0.05) is 18.2 Å². The number of carbonyl (C=O) groups excluding carboxylic acids is 2. The minimum Gasteiger partial charge on any atom is -0.465 e. The molecule has 4 nitrogen and oxygen atoms in total.